The van der Waals surface area contributed by atoms with Crippen LogP contribution in [0.2, 0.25) is 0 Å². The summed E-state index contributed by atoms with van der Waals surface area (Å²) in [6, 6.07) is 13.7. The molecular weight excluding hydrogens is 357 g/mol. The van der Waals surface area contributed by atoms with Crippen LogP contribution in [0.15, 0.2) is 48.5 Å². The van der Waals surface area contributed by atoms with Crippen LogP contribution in [-0.2, 0) is 21.5 Å². The number of benzene rings is 2. The van der Waals surface area contributed by atoms with Gasteiger partial charge in [0.1, 0.15) is 5.82 Å². The van der Waals surface area contributed by atoms with Crippen molar-refractivity contribution in [3.8, 4) is 0 Å². The molecule has 0 spiro atoms. The minimum Gasteiger partial charge on any atom is -0.369 e. The van der Waals surface area contributed by atoms with E-state index in [1.807, 2.05) is 38.1 Å². The predicted octanol–water partition coefficient (Wildman–Crippen LogP) is 2.29. The molecule has 1 aliphatic heterocycles. The van der Waals surface area contributed by atoms with Crippen molar-refractivity contribution in [3.63, 3.8) is 0 Å². The van der Waals surface area contributed by atoms with Gasteiger partial charge in [-0.3, -0.25) is 9.59 Å². The molecule has 3 rings (SSSR count). The molecule has 1 fully saturated rings. The van der Waals surface area contributed by atoms with E-state index in [1.54, 1.807) is 17.0 Å². The maximum Gasteiger partial charge on any atom is 0.232 e. The fourth-order valence-corrected chi connectivity index (χ4v) is 3.88. The van der Waals surface area contributed by atoms with Gasteiger partial charge in [-0.2, -0.15) is 0 Å². The summed E-state index contributed by atoms with van der Waals surface area (Å²) in [6.07, 6.45) is 0. The standard InChI is InChI=1S/C22H26FN3O2/c1-22(2,16-7-9-17(23)10-8-16)21(28)26-12-18(19(13-26)20(25)27)15-5-3-14(11-24)4-6-15/h3-10,18-19H,11-13,24H2,1-2H3,(H2,25,27)/t18-,19+/m1/s1. The molecule has 1 saturated heterocycles. The van der Waals surface area contributed by atoms with E-state index in [9.17, 15) is 14.0 Å². The Bertz CT molecular complexity index is 862. The lowest BCUT2D eigenvalue weighted by atomic mass is 9.83. The second-order valence-electron chi connectivity index (χ2n) is 7.90. The normalized spacial score (nSPS) is 19.6. The molecule has 28 heavy (non-hydrogen) atoms. The zero-order valence-corrected chi connectivity index (χ0v) is 16.2. The van der Waals surface area contributed by atoms with Gasteiger partial charge < -0.3 is 16.4 Å². The number of hydrogen-bond acceptors (Lipinski definition) is 3. The fraction of sp³-hybridized carbons (Fsp3) is 0.364. The van der Waals surface area contributed by atoms with E-state index in [0.29, 0.717) is 13.1 Å². The monoisotopic (exact) mass is 383 g/mol. The van der Waals surface area contributed by atoms with Crippen LogP contribution in [0.25, 0.3) is 0 Å². The average molecular weight is 383 g/mol. The lowest BCUT2D eigenvalue weighted by Crippen LogP contribution is -2.43. The van der Waals surface area contributed by atoms with Gasteiger partial charge in [-0.05, 0) is 42.7 Å². The van der Waals surface area contributed by atoms with E-state index in [2.05, 4.69) is 0 Å². The molecule has 0 bridgehead atoms. The quantitative estimate of drug-likeness (QED) is 0.830. The van der Waals surface area contributed by atoms with Gasteiger partial charge in [-0.1, -0.05) is 36.4 Å². The van der Waals surface area contributed by atoms with Crippen molar-refractivity contribution in [2.24, 2.45) is 17.4 Å². The van der Waals surface area contributed by atoms with E-state index < -0.39 is 17.2 Å². The maximum atomic E-state index is 13.3. The van der Waals surface area contributed by atoms with Crippen molar-refractivity contribution < 1.29 is 14.0 Å². The zero-order valence-electron chi connectivity index (χ0n) is 16.2. The molecule has 0 aliphatic carbocycles. The van der Waals surface area contributed by atoms with Crippen LogP contribution in [0.1, 0.15) is 36.5 Å². The number of halogens is 1. The third kappa shape index (κ3) is 3.78. The Morgan fingerprint density at radius 2 is 1.68 bits per heavy atom. The van der Waals surface area contributed by atoms with Gasteiger partial charge in [0.25, 0.3) is 0 Å². The van der Waals surface area contributed by atoms with Crippen molar-refractivity contribution in [2.45, 2.75) is 31.7 Å². The molecule has 4 N–H and O–H groups in total. The van der Waals surface area contributed by atoms with Gasteiger partial charge >= 0.3 is 0 Å². The number of rotatable bonds is 5. The first-order valence-corrected chi connectivity index (χ1v) is 9.37. The van der Waals surface area contributed by atoms with Gasteiger partial charge in [-0.15, -0.1) is 0 Å². The van der Waals surface area contributed by atoms with Crippen LogP contribution in [0.4, 0.5) is 4.39 Å². The van der Waals surface area contributed by atoms with E-state index in [4.69, 9.17) is 11.5 Å². The molecule has 2 atom stereocenters. The summed E-state index contributed by atoms with van der Waals surface area (Å²) >= 11 is 0. The SMILES string of the molecule is CC(C)(C(=O)N1C[C@H](C(N)=O)[C@@H](c2ccc(CN)cc2)C1)c1ccc(F)cc1. The summed E-state index contributed by atoms with van der Waals surface area (Å²) in [5.74, 6) is -1.47. The lowest BCUT2D eigenvalue weighted by molar-refractivity contribution is -0.135. The maximum absolute atomic E-state index is 13.3. The van der Waals surface area contributed by atoms with Crippen LogP contribution < -0.4 is 11.5 Å². The summed E-state index contributed by atoms with van der Waals surface area (Å²) in [4.78, 5) is 27.0. The molecule has 0 saturated carbocycles. The molecule has 1 aliphatic rings. The molecule has 2 aromatic carbocycles. The van der Waals surface area contributed by atoms with E-state index in [-0.39, 0.29) is 24.2 Å². The van der Waals surface area contributed by atoms with Crippen LogP contribution in [0.3, 0.4) is 0 Å². The second kappa shape index (κ2) is 7.72. The molecule has 2 aromatic rings. The first-order valence-electron chi connectivity index (χ1n) is 9.37. The molecule has 1 heterocycles. The van der Waals surface area contributed by atoms with Crippen molar-refractivity contribution in [1.82, 2.24) is 4.90 Å². The molecular formula is C22H26FN3O2. The second-order valence-corrected chi connectivity index (χ2v) is 7.90. The zero-order chi connectivity index (χ0) is 20.5. The van der Waals surface area contributed by atoms with Gasteiger partial charge in [0, 0.05) is 25.6 Å². The highest BCUT2D eigenvalue weighted by molar-refractivity contribution is 5.89. The van der Waals surface area contributed by atoms with E-state index >= 15 is 0 Å². The third-order valence-corrected chi connectivity index (χ3v) is 5.72. The Morgan fingerprint density at radius 1 is 1.07 bits per heavy atom. The van der Waals surface area contributed by atoms with Crippen LogP contribution in [0.5, 0.6) is 0 Å². The molecule has 5 nitrogen and oxygen atoms in total. The van der Waals surface area contributed by atoms with Gasteiger partial charge in [-0.25, -0.2) is 4.39 Å². The molecule has 6 heteroatoms. The number of carbonyl (C=O) groups is 2. The Morgan fingerprint density at radius 3 is 2.21 bits per heavy atom. The molecule has 148 valence electrons. The van der Waals surface area contributed by atoms with E-state index in [1.165, 1.54) is 12.1 Å². The minimum atomic E-state index is -0.839. The fourth-order valence-electron chi connectivity index (χ4n) is 3.88. The van der Waals surface area contributed by atoms with Crippen LogP contribution in [-0.4, -0.2) is 29.8 Å². The van der Waals surface area contributed by atoms with Crippen molar-refractivity contribution >= 4 is 11.8 Å². The highest BCUT2D eigenvalue weighted by Crippen LogP contribution is 2.36. The average Bonchev–Trinajstić information content (AvgIpc) is 3.13. The van der Waals surface area contributed by atoms with Gasteiger partial charge in [0.15, 0.2) is 0 Å². The summed E-state index contributed by atoms with van der Waals surface area (Å²) in [5.41, 5.74) is 13.2. The smallest absolute Gasteiger partial charge is 0.232 e. The number of amides is 2. The third-order valence-electron chi connectivity index (χ3n) is 5.72. The first-order chi connectivity index (χ1) is 13.2. The number of primary amides is 1. The number of nitrogens with two attached hydrogens (primary N) is 2. The summed E-state index contributed by atoms with van der Waals surface area (Å²) < 4.78 is 13.3. The molecule has 0 aromatic heterocycles. The lowest BCUT2D eigenvalue weighted by Gasteiger charge is -2.30. The Labute approximate surface area is 164 Å². The van der Waals surface area contributed by atoms with Gasteiger partial charge in [0.05, 0.1) is 11.3 Å². The molecule has 0 unspecified atom stereocenters. The van der Waals surface area contributed by atoms with E-state index in [0.717, 1.165) is 16.7 Å². The Balaban J connectivity index is 1.85. The van der Waals surface area contributed by atoms with Crippen LogP contribution >= 0.6 is 0 Å². The van der Waals surface area contributed by atoms with Crippen molar-refractivity contribution in [3.05, 3.63) is 71.0 Å². The summed E-state index contributed by atoms with van der Waals surface area (Å²) in [5, 5.41) is 0. The van der Waals surface area contributed by atoms with Crippen LogP contribution in [0, 0.1) is 11.7 Å². The topological polar surface area (TPSA) is 89.4 Å². The number of hydrogen-bond donors (Lipinski definition) is 2. The summed E-state index contributed by atoms with van der Waals surface area (Å²) in [6.45, 7) is 4.76. The Hall–Kier alpha value is -2.73. The molecule has 2 amide bonds. The number of nitrogens with zero attached hydrogens (tertiary/aromatic N) is 1. The highest BCUT2D eigenvalue weighted by Gasteiger charge is 2.43. The largest absolute Gasteiger partial charge is 0.369 e. The number of carbonyl (C=O) groups excluding carboxylic acids is 2. The van der Waals surface area contributed by atoms with Gasteiger partial charge in [0.2, 0.25) is 11.8 Å². The number of likely N-dealkylation sites (tertiary alicyclic amines) is 1. The predicted molar refractivity (Wildman–Crippen MR) is 106 cm³/mol. The molecule has 0 radical (unpaired) electrons. The Kier molecular flexibility index (Phi) is 5.52. The highest BCUT2D eigenvalue weighted by atomic mass is 19.1. The van der Waals surface area contributed by atoms with Crippen molar-refractivity contribution in [1.29, 1.82) is 0 Å². The minimum absolute atomic E-state index is 0.105. The summed E-state index contributed by atoms with van der Waals surface area (Å²) in [7, 11) is 0. The first kappa shape index (κ1) is 20.0. The van der Waals surface area contributed by atoms with Crippen molar-refractivity contribution in [2.75, 3.05) is 13.1 Å².